The lowest BCUT2D eigenvalue weighted by Crippen LogP contribution is -2.43. The molecule has 28 heavy (non-hydrogen) atoms. The van der Waals surface area contributed by atoms with Gasteiger partial charge in [0.1, 0.15) is 11.9 Å². The maximum Gasteiger partial charge on any atom is 0.332 e. The number of carbonyl (C=O) groups excluding carboxylic acids is 1. The number of unbranched alkanes of at least 4 members (excludes halogenated alkanes) is 1. The standard InChI is InChI=1S/C20H23N5O3/c1-4-5-10-21-16(26)12-25-19(27)15-11-22-17(14-8-6-13(2)7-9-14)23-18(15)24(3)20(25)28/h6-9,11H,4-5,10,12H2,1-3H3,(H,21,26). The Balaban J connectivity index is 2.02. The van der Waals surface area contributed by atoms with Crippen LogP contribution in [0.15, 0.2) is 40.1 Å². The summed E-state index contributed by atoms with van der Waals surface area (Å²) in [6, 6.07) is 7.65. The van der Waals surface area contributed by atoms with Crippen LogP contribution in [0.5, 0.6) is 0 Å². The Morgan fingerprint density at radius 2 is 1.89 bits per heavy atom. The molecular weight excluding hydrogens is 358 g/mol. The first kappa shape index (κ1) is 19.5. The summed E-state index contributed by atoms with van der Waals surface area (Å²) in [5, 5.41) is 2.90. The normalized spacial score (nSPS) is 11.0. The summed E-state index contributed by atoms with van der Waals surface area (Å²) in [5.74, 6) is 0.0566. The van der Waals surface area contributed by atoms with E-state index in [4.69, 9.17) is 0 Å². The number of benzene rings is 1. The maximum atomic E-state index is 12.7. The molecule has 0 spiro atoms. The highest BCUT2D eigenvalue weighted by Crippen LogP contribution is 2.16. The van der Waals surface area contributed by atoms with Crippen LogP contribution in [0, 0.1) is 6.92 Å². The average molecular weight is 381 g/mol. The number of hydrogen-bond donors (Lipinski definition) is 1. The van der Waals surface area contributed by atoms with Crippen LogP contribution in [0.2, 0.25) is 0 Å². The fraction of sp³-hybridized carbons (Fsp3) is 0.350. The van der Waals surface area contributed by atoms with Gasteiger partial charge in [0.15, 0.2) is 11.5 Å². The van der Waals surface area contributed by atoms with E-state index < -0.39 is 11.2 Å². The number of aromatic nitrogens is 4. The fourth-order valence-electron chi connectivity index (χ4n) is 2.87. The summed E-state index contributed by atoms with van der Waals surface area (Å²) in [6.45, 7) is 4.18. The molecule has 2 heterocycles. The van der Waals surface area contributed by atoms with Crippen molar-refractivity contribution in [2.24, 2.45) is 7.05 Å². The highest BCUT2D eigenvalue weighted by Gasteiger charge is 2.16. The molecule has 0 unspecified atom stereocenters. The summed E-state index contributed by atoms with van der Waals surface area (Å²) < 4.78 is 2.19. The van der Waals surface area contributed by atoms with E-state index >= 15 is 0 Å². The van der Waals surface area contributed by atoms with E-state index in [1.54, 1.807) is 0 Å². The van der Waals surface area contributed by atoms with Gasteiger partial charge in [0.25, 0.3) is 5.56 Å². The van der Waals surface area contributed by atoms with Crippen molar-refractivity contribution in [2.75, 3.05) is 6.54 Å². The zero-order valence-electron chi connectivity index (χ0n) is 16.2. The molecule has 0 fully saturated rings. The number of hydrogen-bond acceptors (Lipinski definition) is 5. The predicted octanol–water partition coefficient (Wildman–Crippen LogP) is 1.38. The highest BCUT2D eigenvalue weighted by molar-refractivity contribution is 5.78. The minimum absolute atomic E-state index is 0.194. The van der Waals surface area contributed by atoms with E-state index in [0.717, 1.165) is 28.5 Å². The van der Waals surface area contributed by atoms with Gasteiger partial charge >= 0.3 is 5.69 Å². The fourth-order valence-corrected chi connectivity index (χ4v) is 2.87. The van der Waals surface area contributed by atoms with Crippen LogP contribution in [0.25, 0.3) is 22.4 Å². The van der Waals surface area contributed by atoms with Crippen LogP contribution in [-0.4, -0.2) is 31.6 Å². The molecular formula is C20H23N5O3. The SMILES string of the molecule is CCCCNC(=O)Cn1c(=O)c2cnc(-c3ccc(C)cc3)nc2n(C)c1=O. The summed E-state index contributed by atoms with van der Waals surface area (Å²) in [7, 11) is 1.53. The van der Waals surface area contributed by atoms with E-state index in [-0.39, 0.29) is 23.5 Å². The van der Waals surface area contributed by atoms with E-state index in [0.29, 0.717) is 12.4 Å². The summed E-state index contributed by atoms with van der Waals surface area (Å²) in [6.07, 6.45) is 3.19. The molecule has 1 N–H and O–H groups in total. The van der Waals surface area contributed by atoms with E-state index in [9.17, 15) is 14.4 Å². The van der Waals surface area contributed by atoms with Crippen molar-refractivity contribution in [3.05, 3.63) is 56.9 Å². The Morgan fingerprint density at radius 3 is 2.57 bits per heavy atom. The molecule has 2 aromatic heterocycles. The van der Waals surface area contributed by atoms with Crippen molar-refractivity contribution < 1.29 is 4.79 Å². The van der Waals surface area contributed by atoms with Crippen LogP contribution in [0.4, 0.5) is 0 Å². The van der Waals surface area contributed by atoms with Gasteiger partial charge < -0.3 is 5.32 Å². The van der Waals surface area contributed by atoms with Crippen LogP contribution >= 0.6 is 0 Å². The number of nitrogens with zero attached hydrogens (tertiary/aromatic N) is 4. The van der Waals surface area contributed by atoms with Gasteiger partial charge in [0.2, 0.25) is 5.91 Å². The van der Waals surface area contributed by atoms with Crippen molar-refractivity contribution in [1.29, 1.82) is 0 Å². The predicted molar refractivity (Wildman–Crippen MR) is 107 cm³/mol. The van der Waals surface area contributed by atoms with Gasteiger partial charge in [-0.1, -0.05) is 43.2 Å². The zero-order chi connectivity index (χ0) is 20.3. The van der Waals surface area contributed by atoms with Crippen molar-refractivity contribution in [3.8, 4) is 11.4 Å². The lowest BCUT2D eigenvalue weighted by atomic mass is 10.1. The number of nitrogens with one attached hydrogen (secondary N) is 1. The Labute approximate surface area is 161 Å². The maximum absolute atomic E-state index is 12.7. The van der Waals surface area contributed by atoms with Crippen molar-refractivity contribution in [3.63, 3.8) is 0 Å². The Morgan fingerprint density at radius 1 is 1.18 bits per heavy atom. The number of fused-ring (bicyclic) bond motifs is 1. The number of aryl methyl sites for hydroxylation is 2. The van der Waals surface area contributed by atoms with Gasteiger partial charge in [-0.3, -0.25) is 18.7 Å². The van der Waals surface area contributed by atoms with Gasteiger partial charge in [-0.15, -0.1) is 0 Å². The van der Waals surface area contributed by atoms with Crippen LogP contribution in [0.3, 0.4) is 0 Å². The minimum atomic E-state index is -0.586. The molecule has 0 bridgehead atoms. The smallest absolute Gasteiger partial charge is 0.332 e. The van der Waals surface area contributed by atoms with Crippen LogP contribution in [-0.2, 0) is 18.4 Å². The van der Waals surface area contributed by atoms with Gasteiger partial charge in [-0.25, -0.2) is 14.8 Å². The average Bonchev–Trinajstić information content (AvgIpc) is 2.70. The van der Waals surface area contributed by atoms with Gasteiger partial charge in [-0.05, 0) is 13.3 Å². The van der Waals surface area contributed by atoms with E-state index in [2.05, 4.69) is 15.3 Å². The minimum Gasteiger partial charge on any atom is -0.355 e. The number of carbonyl (C=O) groups is 1. The van der Waals surface area contributed by atoms with Crippen molar-refractivity contribution in [1.82, 2.24) is 24.4 Å². The molecule has 0 saturated heterocycles. The van der Waals surface area contributed by atoms with Crippen LogP contribution < -0.4 is 16.6 Å². The van der Waals surface area contributed by atoms with Crippen molar-refractivity contribution >= 4 is 16.9 Å². The third-order valence-corrected chi connectivity index (χ3v) is 4.54. The molecule has 0 aliphatic carbocycles. The Kier molecular flexibility index (Phi) is 5.67. The molecule has 0 aliphatic rings. The first-order valence-electron chi connectivity index (χ1n) is 9.22. The largest absolute Gasteiger partial charge is 0.355 e. The quantitative estimate of drug-likeness (QED) is 0.651. The molecule has 1 aromatic carbocycles. The second-order valence-corrected chi connectivity index (χ2v) is 6.73. The summed E-state index contributed by atoms with van der Waals surface area (Å²) in [5.41, 5.74) is 0.982. The number of amides is 1. The molecule has 1 amide bonds. The topological polar surface area (TPSA) is 98.9 Å². The third-order valence-electron chi connectivity index (χ3n) is 4.54. The first-order valence-corrected chi connectivity index (χ1v) is 9.22. The Hall–Kier alpha value is -3.29. The van der Waals surface area contributed by atoms with Gasteiger partial charge in [0, 0.05) is 25.4 Å². The van der Waals surface area contributed by atoms with Gasteiger partial charge in [0.05, 0.1) is 0 Å². The highest BCUT2D eigenvalue weighted by atomic mass is 16.2. The summed E-state index contributed by atoms with van der Waals surface area (Å²) >= 11 is 0. The molecule has 3 rings (SSSR count). The third kappa shape index (κ3) is 3.85. The molecule has 8 nitrogen and oxygen atoms in total. The molecule has 0 saturated carbocycles. The van der Waals surface area contributed by atoms with Crippen LogP contribution in [0.1, 0.15) is 25.3 Å². The molecule has 146 valence electrons. The lowest BCUT2D eigenvalue weighted by molar-refractivity contribution is -0.121. The van der Waals surface area contributed by atoms with Gasteiger partial charge in [-0.2, -0.15) is 0 Å². The first-order chi connectivity index (χ1) is 13.4. The lowest BCUT2D eigenvalue weighted by Gasteiger charge is -2.11. The van der Waals surface area contributed by atoms with E-state index in [1.807, 2.05) is 38.1 Å². The molecule has 3 aromatic rings. The molecule has 8 heteroatoms. The van der Waals surface area contributed by atoms with E-state index in [1.165, 1.54) is 17.8 Å². The molecule has 0 radical (unpaired) electrons. The Bertz CT molecular complexity index is 1130. The van der Waals surface area contributed by atoms with Crippen molar-refractivity contribution in [2.45, 2.75) is 33.2 Å². The summed E-state index contributed by atoms with van der Waals surface area (Å²) in [4.78, 5) is 46.1. The molecule has 0 aliphatic heterocycles. The number of rotatable bonds is 6. The second kappa shape index (κ2) is 8.16. The second-order valence-electron chi connectivity index (χ2n) is 6.73. The monoisotopic (exact) mass is 381 g/mol. The molecule has 0 atom stereocenters. The zero-order valence-corrected chi connectivity index (χ0v) is 16.2.